The molecule has 11 nitrogen and oxygen atoms in total. The summed E-state index contributed by atoms with van der Waals surface area (Å²) in [5.41, 5.74) is 2.43. The Hall–Kier alpha value is -2.96. The van der Waals surface area contributed by atoms with Gasteiger partial charge in [-0.3, -0.25) is 0 Å². The fourth-order valence-electron chi connectivity index (χ4n) is 3.59. The van der Waals surface area contributed by atoms with Crippen molar-refractivity contribution in [2.24, 2.45) is 0 Å². The van der Waals surface area contributed by atoms with Crippen LogP contribution in [0.4, 0.5) is 10.6 Å². The zero-order valence-electron chi connectivity index (χ0n) is 18.2. The summed E-state index contributed by atoms with van der Waals surface area (Å²) in [4.78, 5) is 17.9. The molecule has 0 aliphatic heterocycles. The Labute approximate surface area is 194 Å². The van der Waals surface area contributed by atoms with Gasteiger partial charge in [-0.05, 0) is 31.2 Å². The average Bonchev–Trinajstić information content (AvgIpc) is 3.35. The van der Waals surface area contributed by atoms with Gasteiger partial charge in [0.05, 0.1) is 12.1 Å². The van der Waals surface area contributed by atoms with Crippen molar-refractivity contribution >= 4 is 34.9 Å². The summed E-state index contributed by atoms with van der Waals surface area (Å²) in [6.45, 7) is 2.83. The van der Waals surface area contributed by atoms with Crippen molar-refractivity contribution in [3.63, 3.8) is 0 Å². The van der Waals surface area contributed by atoms with Crippen molar-refractivity contribution in [3.05, 3.63) is 35.9 Å². The lowest BCUT2D eigenvalue weighted by Crippen LogP contribution is -2.28. The number of fused-ring (bicyclic) bond motifs is 1. The second-order valence-corrected chi connectivity index (χ2v) is 8.62. The molecule has 4 rings (SSSR count). The predicted molar refractivity (Wildman–Crippen MR) is 124 cm³/mol. The van der Waals surface area contributed by atoms with Crippen molar-refractivity contribution in [1.82, 2.24) is 25.0 Å². The highest BCUT2D eigenvalue weighted by Gasteiger charge is 2.37. The quantitative estimate of drug-likeness (QED) is 0.239. The summed E-state index contributed by atoms with van der Waals surface area (Å²) < 4.78 is 1.65. The summed E-state index contributed by atoms with van der Waals surface area (Å²) in [7, 11) is 0. The molecule has 0 radical (unpaired) electrons. The van der Waals surface area contributed by atoms with Crippen LogP contribution in [0.25, 0.3) is 11.2 Å². The van der Waals surface area contributed by atoms with Crippen molar-refractivity contribution in [1.29, 1.82) is 0 Å². The van der Waals surface area contributed by atoms with Gasteiger partial charge in [-0.2, -0.15) is 0 Å². The fourth-order valence-corrected chi connectivity index (χ4v) is 4.28. The first-order valence-corrected chi connectivity index (χ1v) is 11.7. The van der Waals surface area contributed by atoms with Crippen LogP contribution in [-0.2, 0) is 6.42 Å². The van der Waals surface area contributed by atoms with Crippen molar-refractivity contribution in [3.8, 4) is 0 Å². The lowest BCUT2D eigenvalue weighted by Gasteiger charge is -2.16. The van der Waals surface area contributed by atoms with Crippen LogP contribution < -0.4 is 5.32 Å². The largest absolute Gasteiger partial charge is 0.503 e. The lowest BCUT2D eigenvalue weighted by atomic mass is 10.1. The Balaban J connectivity index is 0.000000709. The standard InChI is InChI=1S/C20H26N6O2S.CH2O3/c1-2-12-29-20-22-18(21-11-10-13-6-4-3-5-7-13)16-19(23-20)26(25-24-16)14-8-9-15(27)17(14)28;2-1(3)4/h3-7,14-15,17,27-28H,2,8-12H2,1H3,(H,21,22,23);(H2,2,3,4)/t14-,15-,17+;/m1./s1. The van der Waals surface area contributed by atoms with E-state index in [0.29, 0.717) is 41.5 Å². The molecule has 0 unspecified atom stereocenters. The maximum absolute atomic E-state index is 10.3. The minimum absolute atomic E-state index is 0.328. The summed E-state index contributed by atoms with van der Waals surface area (Å²) in [6, 6.07) is 9.95. The van der Waals surface area contributed by atoms with Gasteiger partial charge in [0.1, 0.15) is 6.10 Å². The molecule has 0 spiro atoms. The number of hydrogen-bond acceptors (Lipinski definition) is 9. The maximum Gasteiger partial charge on any atom is 0.503 e. The van der Waals surface area contributed by atoms with Crippen LogP contribution in [0.15, 0.2) is 35.5 Å². The smallest absolute Gasteiger partial charge is 0.450 e. The Bertz CT molecular complexity index is 1050. The number of hydrogen-bond donors (Lipinski definition) is 5. The zero-order chi connectivity index (χ0) is 23.8. The topological polar surface area (TPSA) is 167 Å². The number of aliphatic hydroxyl groups is 2. The monoisotopic (exact) mass is 476 g/mol. The van der Waals surface area contributed by atoms with E-state index in [1.807, 2.05) is 18.2 Å². The third-order valence-corrected chi connectivity index (χ3v) is 6.20. The molecule has 5 N–H and O–H groups in total. The van der Waals surface area contributed by atoms with E-state index in [1.165, 1.54) is 5.56 Å². The summed E-state index contributed by atoms with van der Waals surface area (Å²) in [5, 5.41) is 46.8. The van der Waals surface area contributed by atoms with Crippen LogP contribution in [0.3, 0.4) is 0 Å². The number of carbonyl (C=O) groups is 1. The van der Waals surface area contributed by atoms with Crippen molar-refractivity contribution in [2.75, 3.05) is 17.6 Å². The third kappa shape index (κ3) is 6.53. The molecule has 1 aliphatic carbocycles. The van der Waals surface area contributed by atoms with Crippen molar-refractivity contribution < 1.29 is 25.2 Å². The molecule has 1 aliphatic rings. The molecular weight excluding hydrogens is 448 g/mol. The molecule has 3 atom stereocenters. The van der Waals surface area contributed by atoms with Crippen molar-refractivity contribution in [2.45, 2.75) is 56.0 Å². The number of benzene rings is 1. The molecule has 0 saturated heterocycles. The first-order valence-electron chi connectivity index (χ1n) is 10.7. The Morgan fingerprint density at radius 1 is 1.18 bits per heavy atom. The molecule has 1 aromatic carbocycles. The fraction of sp³-hybridized carbons (Fsp3) is 0.476. The van der Waals surface area contributed by atoms with Crippen LogP contribution in [0.5, 0.6) is 0 Å². The number of aliphatic hydroxyl groups excluding tert-OH is 2. The highest BCUT2D eigenvalue weighted by Crippen LogP contribution is 2.33. The van der Waals surface area contributed by atoms with E-state index in [-0.39, 0.29) is 6.04 Å². The molecule has 33 heavy (non-hydrogen) atoms. The first-order chi connectivity index (χ1) is 15.9. The van der Waals surface area contributed by atoms with Gasteiger partial charge in [-0.1, -0.05) is 54.2 Å². The van der Waals surface area contributed by atoms with E-state index in [4.69, 9.17) is 15.0 Å². The third-order valence-electron chi connectivity index (χ3n) is 5.15. The normalized spacial score (nSPS) is 19.8. The maximum atomic E-state index is 10.3. The Kier molecular flexibility index (Phi) is 8.80. The van der Waals surface area contributed by atoms with E-state index < -0.39 is 18.4 Å². The molecule has 1 saturated carbocycles. The number of rotatable bonds is 8. The lowest BCUT2D eigenvalue weighted by molar-refractivity contribution is 0.0215. The van der Waals surface area contributed by atoms with Gasteiger partial charge in [-0.25, -0.2) is 19.4 Å². The average molecular weight is 477 g/mol. The van der Waals surface area contributed by atoms with Crippen LogP contribution in [0.1, 0.15) is 37.8 Å². The number of thioether (sulfide) groups is 1. The minimum atomic E-state index is -1.83. The summed E-state index contributed by atoms with van der Waals surface area (Å²) >= 11 is 1.59. The van der Waals surface area contributed by atoms with E-state index >= 15 is 0 Å². The highest BCUT2D eigenvalue weighted by atomic mass is 32.2. The van der Waals surface area contributed by atoms with Gasteiger partial charge in [-0.15, -0.1) is 5.10 Å². The van der Waals surface area contributed by atoms with Crippen LogP contribution in [0, 0.1) is 0 Å². The van der Waals surface area contributed by atoms with Crippen LogP contribution >= 0.6 is 11.8 Å². The summed E-state index contributed by atoms with van der Waals surface area (Å²) in [6.07, 6.45) is -0.370. The first kappa shape index (κ1) is 24.7. The van der Waals surface area contributed by atoms with E-state index in [2.05, 4.69) is 44.7 Å². The number of carboxylic acid groups (broad SMARTS) is 2. The molecule has 1 fully saturated rings. The molecule has 2 heterocycles. The highest BCUT2D eigenvalue weighted by molar-refractivity contribution is 7.99. The van der Waals surface area contributed by atoms with E-state index in [9.17, 15) is 10.2 Å². The van der Waals surface area contributed by atoms with Gasteiger partial charge in [0.25, 0.3) is 0 Å². The second-order valence-electron chi connectivity index (χ2n) is 7.56. The predicted octanol–water partition coefficient (Wildman–Crippen LogP) is 2.66. The Morgan fingerprint density at radius 2 is 1.91 bits per heavy atom. The van der Waals surface area contributed by atoms with E-state index in [1.54, 1.807) is 16.4 Å². The molecule has 178 valence electrons. The van der Waals surface area contributed by atoms with Gasteiger partial charge >= 0.3 is 6.16 Å². The van der Waals surface area contributed by atoms with Gasteiger partial charge < -0.3 is 25.7 Å². The van der Waals surface area contributed by atoms with Gasteiger partial charge in [0.2, 0.25) is 0 Å². The zero-order valence-corrected chi connectivity index (χ0v) is 19.0. The number of anilines is 1. The molecule has 12 heteroatoms. The van der Waals surface area contributed by atoms with Crippen LogP contribution in [0.2, 0.25) is 0 Å². The molecule has 0 amide bonds. The molecule has 3 aromatic rings. The second kappa shape index (κ2) is 11.8. The Morgan fingerprint density at radius 3 is 2.55 bits per heavy atom. The number of aromatic nitrogens is 5. The number of nitrogens with zero attached hydrogens (tertiary/aromatic N) is 5. The van der Waals surface area contributed by atoms with Gasteiger partial charge in [0, 0.05) is 12.3 Å². The number of nitrogens with one attached hydrogen (secondary N) is 1. The molecular formula is C21H28N6O5S. The summed E-state index contributed by atoms with van der Waals surface area (Å²) in [5.74, 6) is 1.57. The molecule has 2 aromatic heterocycles. The van der Waals surface area contributed by atoms with E-state index in [0.717, 1.165) is 18.6 Å². The van der Waals surface area contributed by atoms with Crippen LogP contribution in [-0.4, -0.2) is 76.0 Å². The SMILES string of the molecule is CCCSc1nc(NCCc2ccccc2)c2nnn([C@@H]3CC[C@@H](O)[C@H]3O)c2n1.O=C(O)O. The van der Waals surface area contributed by atoms with Gasteiger partial charge in [0.15, 0.2) is 22.1 Å². The molecule has 0 bridgehead atoms. The minimum Gasteiger partial charge on any atom is -0.450 e.